The molecule has 4 heterocycles. The number of para-hydroxylation sites is 2. The molecule has 3 aromatic heterocycles. The largest absolute Gasteiger partial charge is 0.493 e. The first-order valence-corrected chi connectivity index (χ1v) is 15.0. The van der Waals surface area contributed by atoms with Crippen LogP contribution in [0.4, 0.5) is 5.69 Å². The number of fused-ring (bicyclic) bond motifs is 3. The lowest BCUT2D eigenvalue weighted by Crippen LogP contribution is -2.33. The number of aromatic nitrogens is 4. The lowest BCUT2D eigenvalue weighted by Gasteiger charge is -2.31. The highest BCUT2D eigenvalue weighted by Crippen LogP contribution is 2.52. The van der Waals surface area contributed by atoms with Gasteiger partial charge in [-0.05, 0) is 45.0 Å². The number of hydrogen-bond donors (Lipinski definition) is 0. The van der Waals surface area contributed by atoms with E-state index in [1.807, 2.05) is 89.6 Å². The Labute approximate surface area is 247 Å². The Bertz CT molecular complexity index is 1950. The van der Waals surface area contributed by atoms with Crippen LogP contribution in [-0.2, 0) is 10.3 Å². The first-order valence-electron chi connectivity index (χ1n) is 14.1. The maximum atomic E-state index is 13.9. The summed E-state index contributed by atoms with van der Waals surface area (Å²) >= 11 is 1.52. The number of rotatable bonds is 8. The van der Waals surface area contributed by atoms with Gasteiger partial charge in [0, 0.05) is 42.0 Å². The number of anilines is 1. The minimum Gasteiger partial charge on any atom is -0.493 e. The predicted octanol–water partition coefficient (Wildman–Crippen LogP) is 6.71. The van der Waals surface area contributed by atoms with Crippen LogP contribution in [0.1, 0.15) is 48.2 Å². The molecular formula is C33H29N5O3S. The number of carbonyl (C=O) groups excluding carboxylic acids is 1. The first kappa shape index (κ1) is 26.2. The van der Waals surface area contributed by atoms with Gasteiger partial charge in [-0.25, -0.2) is 19.7 Å². The van der Waals surface area contributed by atoms with Crippen LogP contribution >= 0.6 is 11.3 Å². The van der Waals surface area contributed by atoms with Crippen molar-refractivity contribution in [1.82, 2.24) is 19.4 Å². The molecule has 1 atom stereocenters. The molecule has 6 aromatic rings. The summed E-state index contributed by atoms with van der Waals surface area (Å²) in [5, 5.41) is 1.98. The van der Waals surface area contributed by atoms with E-state index in [9.17, 15) is 4.79 Å². The van der Waals surface area contributed by atoms with Crippen LogP contribution in [0.2, 0.25) is 0 Å². The molecule has 1 unspecified atom stereocenters. The van der Waals surface area contributed by atoms with Gasteiger partial charge in [0.05, 0.1) is 28.9 Å². The molecule has 0 fully saturated rings. The quantitative estimate of drug-likeness (QED) is 0.187. The smallest absolute Gasteiger partial charge is 0.360 e. The van der Waals surface area contributed by atoms with E-state index in [-0.39, 0.29) is 5.69 Å². The maximum absolute atomic E-state index is 13.9. The van der Waals surface area contributed by atoms with Crippen LogP contribution < -0.4 is 9.64 Å². The molecule has 0 aliphatic carbocycles. The molecule has 1 aliphatic heterocycles. The molecule has 0 saturated carbocycles. The van der Waals surface area contributed by atoms with E-state index < -0.39 is 11.6 Å². The molecule has 1 aliphatic rings. The molecule has 0 N–H and O–H groups in total. The van der Waals surface area contributed by atoms with E-state index in [1.165, 1.54) is 11.3 Å². The molecule has 7 rings (SSSR count). The fraction of sp³-hybridized carbons (Fsp3) is 0.212. The van der Waals surface area contributed by atoms with Crippen LogP contribution in [0.5, 0.6) is 5.75 Å². The topological polar surface area (TPSA) is 81.9 Å². The molecular weight excluding hydrogens is 546 g/mol. The highest BCUT2D eigenvalue weighted by atomic mass is 32.1. The summed E-state index contributed by atoms with van der Waals surface area (Å²) in [6, 6.07) is 23.6. The number of hydrogen-bond acceptors (Lipinski definition) is 8. The molecule has 0 amide bonds. The first-order chi connectivity index (χ1) is 20.6. The Morgan fingerprint density at radius 1 is 0.905 bits per heavy atom. The monoisotopic (exact) mass is 575 g/mol. The van der Waals surface area contributed by atoms with Crippen molar-refractivity contribution in [3.63, 3.8) is 0 Å². The Morgan fingerprint density at radius 3 is 2.38 bits per heavy atom. The number of thiazole rings is 1. The van der Waals surface area contributed by atoms with Crippen molar-refractivity contribution in [1.29, 1.82) is 0 Å². The molecule has 9 heteroatoms. The molecule has 0 radical (unpaired) electrons. The van der Waals surface area contributed by atoms with Crippen molar-refractivity contribution in [3.8, 4) is 17.0 Å². The van der Waals surface area contributed by atoms with E-state index in [1.54, 1.807) is 0 Å². The average Bonchev–Trinajstić information content (AvgIpc) is 3.70. The lowest BCUT2D eigenvalue weighted by molar-refractivity contribution is 0.0220. The van der Waals surface area contributed by atoms with Crippen LogP contribution in [0.3, 0.4) is 0 Å². The minimum atomic E-state index is -1.48. The highest BCUT2D eigenvalue weighted by Gasteiger charge is 2.56. The standard InChI is InChI=1S/C33H29N5O3S/c1-4-37(5-2)22-16-17-23(26(20-22)40-6-3)33(29-28(31(39)41-33)34-24-14-10-11-15-25(24)35-29)30-27(21-12-8-7-9-13-21)36-32-38(30)18-19-42-32/h7-20H,4-6H2,1-3H3. The Morgan fingerprint density at radius 2 is 1.64 bits per heavy atom. The van der Waals surface area contributed by atoms with Crippen LogP contribution in [-0.4, -0.2) is 45.0 Å². The van der Waals surface area contributed by atoms with Gasteiger partial charge in [0.15, 0.2) is 10.7 Å². The van der Waals surface area contributed by atoms with Gasteiger partial charge in [0.1, 0.15) is 17.1 Å². The van der Waals surface area contributed by atoms with Gasteiger partial charge in [-0.15, -0.1) is 11.3 Å². The third kappa shape index (κ3) is 3.88. The van der Waals surface area contributed by atoms with Gasteiger partial charge < -0.3 is 14.4 Å². The summed E-state index contributed by atoms with van der Waals surface area (Å²) in [7, 11) is 0. The summed E-state index contributed by atoms with van der Waals surface area (Å²) in [4.78, 5) is 31.8. The van der Waals surface area contributed by atoms with Gasteiger partial charge in [-0.1, -0.05) is 42.5 Å². The van der Waals surface area contributed by atoms with Crippen LogP contribution in [0.25, 0.3) is 27.3 Å². The Balaban J connectivity index is 1.62. The summed E-state index contributed by atoms with van der Waals surface area (Å²) < 4.78 is 14.9. The van der Waals surface area contributed by atoms with Crippen LogP contribution in [0, 0.1) is 0 Å². The zero-order valence-electron chi connectivity index (χ0n) is 23.6. The van der Waals surface area contributed by atoms with Gasteiger partial charge in [-0.3, -0.25) is 4.40 Å². The van der Waals surface area contributed by atoms with E-state index in [2.05, 4.69) is 24.8 Å². The van der Waals surface area contributed by atoms with Crippen molar-refractivity contribution in [2.24, 2.45) is 0 Å². The molecule has 0 saturated heterocycles. The van der Waals surface area contributed by atoms with Crippen molar-refractivity contribution in [2.75, 3.05) is 24.6 Å². The summed E-state index contributed by atoms with van der Waals surface area (Å²) in [5.41, 5.74) is 4.40. The third-order valence-electron chi connectivity index (χ3n) is 7.76. The summed E-state index contributed by atoms with van der Waals surface area (Å²) in [5.74, 6) is 0.0735. The minimum absolute atomic E-state index is 0.188. The maximum Gasteiger partial charge on any atom is 0.360 e. The van der Waals surface area contributed by atoms with Crippen molar-refractivity contribution in [3.05, 3.63) is 107 Å². The second-order valence-corrected chi connectivity index (χ2v) is 10.9. The molecule has 210 valence electrons. The second-order valence-electron chi connectivity index (χ2n) is 10.00. The normalized spacial score (nSPS) is 16.1. The Kier molecular flexibility index (Phi) is 6.39. The molecule has 3 aromatic carbocycles. The van der Waals surface area contributed by atoms with Crippen molar-refractivity contribution in [2.45, 2.75) is 26.4 Å². The lowest BCUT2D eigenvalue weighted by atomic mass is 9.83. The van der Waals surface area contributed by atoms with E-state index in [0.29, 0.717) is 46.0 Å². The fourth-order valence-electron chi connectivity index (χ4n) is 5.88. The average molecular weight is 576 g/mol. The number of nitrogens with zero attached hydrogens (tertiary/aromatic N) is 5. The fourth-order valence-corrected chi connectivity index (χ4v) is 6.59. The number of benzene rings is 3. The number of cyclic esters (lactones) is 1. The van der Waals surface area contributed by atoms with Gasteiger partial charge in [0.25, 0.3) is 0 Å². The van der Waals surface area contributed by atoms with Crippen molar-refractivity contribution < 1.29 is 14.3 Å². The zero-order chi connectivity index (χ0) is 28.8. The van der Waals surface area contributed by atoms with Crippen LogP contribution in [0.15, 0.2) is 84.4 Å². The van der Waals surface area contributed by atoms with Crippen molar-refractivity contribution >= 4 is 39.0 Å². The van der Waals surface area contributed by atoms with Gasteiger partial charge >= 0.3 is 5.97 Å². The Hall–Kier alpha value is -4.76. The molecule has 0 bridgehead atoms. The SMILES string of the molecule is CCOc1cc(N(CC)CC)ccc1C1(c2c(-c3ccccc3)nc3sccn23)OC(=O)c2nc3ccccc3nc21. The van der Waals surface area contributed by atoms with E-state index in [0.717, 1.165) is 29.3 Å². The van der Waals surface area contributed by atoms with Gasteiger partial charge in [0.2, 0.25) is 5.60 Å². The molecule has 0 spiro atoms. The van der Waals surface area contributed by atoms with Gasteiger partial charge in [-0.2, -0.15) is 0 Å². The molecule has 42 heavy (non-hydrogen) atoms. The molecule has 8 nitrogen and oxygen atoms in total. The van der Waals surface area contributed by atoms with E-state index in [4.69, 9.17) is 24.4 Å². The summed E-state index contributed by atoms with van der Waals surface area (Å²) in [6.07, 6.45) is 1.96. The number of esters is 1. The van der Waals surface area contributed by atoms with E-state index >= 15 is 0 Å². The number of ether oxygens (including phenoxy) is 2. The summed E-state index contributed by atoms with van der Waals surface area (Å²) in [6.45, 7) is 8.33. The second kappa shape index (κ2) is 10.3. The highest BCUT2D eigenvalue weighted by molar-refractivity contribution is 7.15. The zero-order valence-corrected chi connectivity index (χ0v) is 24.4. The predicted molar refractivity (Wildman–Crippen MR) is 165 cm³/mol. The third-order valence-corrected chi connectivity index (χ3v) is 8.52. The number of imidazole rings is 1. The number of carbonyl (C=O) groups is 1.